The molecule has 0 spiro atoms. The zero-order chi connectivity index (χ0) is 15.0. The van der Waals surface area contributed by atoms with Gasteiger partial charge in [-0.05, 0) is 37.0 Å². The third-order valence-corrected chi connectivity index (χ3v) is 3.69. The molecule has 0 bridgehead atoms. The molecule has 0 atom stereocenters. The fourth-order valence-electron chi connectivity index (χ4n) is 2.09. The summed E-state index contributed by atoms with van der Waals surface area (Å²) in [6.07, 6.45) is 4.09. The van der Waals surface area contributed by atoms with Crippen LogP contribution >= 0.6 is 0 Å². The van der Waals surface area contributed by atoms with Gasteiger partial charge in [0.15, 0.2) is 0 Å². The molecule has 112 valence electrons. The van der Waals surface area contributed by atoms with Crippen molar-refractivity contribution >= 4 is 11.5 Å². The van der Waals surface area contributed by atoms with Crippen LogP contribution in [0, 0.1) is 5.41 Å². The van der Waals surface area contributed by atoms with Crippen LogP contribution in [0.1, 0.15) is 45.6 Å². The molecular weight excluding hydrogens is 250 g/mol. The van der Waals surface area contributed by atoms with Gasteiger partial charge in [-0.15, -0.1) is 0 Å². The third-order valence-electron chi connectivity index (χ3n) is 3.69. The van der Waals surface area contributed by atoms with Crippen molar-refractivity contribution < 1.29 is 5.21 Å². The number of hydrogen-bond donors (Lipinski definition) is 3. The summed E-state index contributed by atoms with van der Waals surface area (Å²) in [6, 6.07) is 8.52. The van der Waals surface area contributed by atoms with E-state index in [0.29, 0.717) is 5.84 Å². The van der Waals surface area contributed by atoms with Crippen LogP contribution in [0.25, 0.3) is 0 Å². The molecule has 0 saturated heterocycles. The minimum Gasteiger partial charge on any atom is -0.409 e. The van der Waals surface area contributed by atoms with Crippen LogP contribution in [-0.2, 0) is 6.42 Å². The lowest BCUT2D eigenvalue weighted by Crippen LogP contribution is -2.31. The number of nitrogens with one attached hydrogen (secondary N) is 1. The summed E-state index contributed by atoms with van der Waals surface area (Å²) >= 11 is 0. The summed E-state index contributed by atoms with van der Waals surface area (Å²) in [5, 5.41) is 15.3. The smallest absolute Gasteiger partial charge is 0.144 e. The molecule has 1 aromatic carbocycles. The van der Waals surface area contributed by atoms with Gasteiger partial charge >= 0.3 is 0 Å². The van der Waals surface area contributed by atoms with Gasteiger partial charge in [-0.3, -0.25) is 0 Å². The van der Waals surface area contributed by atoms with Crippen molar-refractivity contribution in [3.8, 4) is 0 Å². The van der Waals surface area contributed by atoms with Crippen molar-refractivity contribution in [2.45, 2.75) is 46.5 Å². The van der Waals surface area contributed by atoms with Gasteiger partial charge in [0.1, 0.15) is 5.84 Å². The first-order valence-corrected chi connectivity index (χ1v) is 7.30. The third kappa shape index (κ3) is 5.11. The molecule has 0 unspecified atom stereocenters. The van der Waals surface area contributed by atoms with Gasteiger partial charge in [0, 0.05) is 17.6 Å². The highest BCUT2D eigenvalue weighted by Crippen LogP contribution is 2.23. The van der Waals surface area contributed by atoms with Gasteiger partial charge in [-0.2, -0.15) is 0 Å². The van der Waals surface area contributed by atoms with Gasteiger partial charge in [0.05, 0.1) is 0 Å². The van der Waals surface area contributed by atoms with Crippen molar-refractivity contribution in [2.75, 3.05) is 11.9 Å². The molecule has 0 aromatic heterocycles. The Bertz CT molecular complexity index is 441. The summed E-state index contributed by atoms with van der Waals surface area (Å²) in [4.78, 5) is 0. The minimum atomic E-state index is -0.239. The molecule has 0 aliphatic heterocycles. The van der Waals surface area contributed by atoms with Crippen molar-refractivity contribution in [3.05, 3.63) is 29.8 Å². The lowest BCUT2D eigenvalue weighted by molar-refractivity contribution is 0.304. The molecule has 4 N–H and O–H groups in total. The average Bonchev–Trinajstić information content (AvgIpc) is 2.46. The van der Waals surface area contributed by atoms with E-state index in [0.717, 1.165) is 32.2 Å². The Hall–Kier alpha value is -1.71. The zero-order valence-corrected chi connectivity index (χ0v) is 12.8. The van der Waals surface area contributed by atoms with E-state index in [1.807, 2.05) is 13.8 Å². The molecule has 1 aromatic rings. The highest BCUT2D eigenvalue weighted by atomic mass is 16.4. The zero-order valence-electron chi connectivity index (χ0n) is 12.8. The Morgan fingerprint density at radius 1 is 1.35 bits per heavy atom. The number of nitrogens with two attached hydrogens (primary N) is 1. The fraction of sp³-hybridized carbons (Fsp3) is 0.562. The second kappa shape index (κ2) is 7.78. The molecule has 0 heterocycles. The largest absolute Gasteiger partial charge is 0.409 e. The lowest BCUT2D eigenvalue weighted by atomic mass is 9.86. The summed E-state index contributed by atoms with van der Waals surface area (Å²) in [7, 11) is 0. The van der Waals surface area contributed by atoms with Gasteiger partial charge < -0.3 is 16.3 Å². The van der Waals surface area contributed by atoms with E-state index in [1.54, 1.807) is 0 Å². The Morgan fingerprint density at radius 2 is 2.10 bits per heavy atom. The Kier molecular flexibility index (Phi) is 6.36. The molecule has 4 nitrogen and oxygen atoms in total. The first-order valence-electron chi connectivity index (χ1n) is 7.30. The number of nitrogens with zero attached hydrogens (tertiary/aromatic N) is 1. The maximum atomic E-state index is 8.72. The van der Waals surface area contributed by atoms with Crippen molar-refractivity contribution in [1.82, 2.24) is 0 Å². The van der Waals surface area contributed by atoms with Crippen molar-refractivity contribution in [1.29, 1.82) is 0 Å². The van der Waals surface area contributed by atoms with E-state index >= 15 is 0 Å². The van der Waals surface area contributed by atoms with Crippen molar-refractivity contribution in [2.24, 2.45) is 16.3 Å². The van der Waals surface area contributed by atoms with Gasteiger partial charge in [-0.1, -0.05) is 44.5 Å². The second-order valence-corrected chi connectivity index (χ2v) is 5.81. The van der Waals surface area contributed by atoms with Crippen LogP contribution in [0.3, 0.4) is 0 Å². The lowest BCUT2D eigenvalue weighted by Gasteiger charge is -2.22. The summed E-state index contributed by atoms with van der Waals surface area (Å²) in [5.41, 5.74) is 7.96. The van der Waals surface area contributed by atoms with Crippen LogP contribution in [0.15, 0.2) is 29.4 Å². The summed E-state index contributed by atoms with van der Waals surface area (Å²) in [6.45, 7) is 7.11. The van der Waals surface area contributed by atoms with Crippen LogP contribution in [-0.4, -0.2) is 17.6 Å². The number of amidine groups is 1. The normalized spacial score (nSPS) is 12.4. The molecule has 0 amide bonds. The number of anilines is 1. The first kappa shape index (κ1) is 16.3. The quantitative estimate of drug-likeness (QED) is 0.223. The van der Waals surface area contributed by atoms with E-state index in [2.05, 4.69) is 41.7 Å². The number of rotatable bonds is 8. The van der Waals surface area contributed by atoms with Gasteiger partial charge in [0.25, 0.3) is 0 Å². The molecule has 4 heteroatoms. The van der Waals surface area contributed by atoms with Gasteiger partial charge in [-0.25, -0.2) is 0 Å². The number of hydrogen-bond acceptors (Lipinski definition) is 3. The fourth-order valence-corrected chi connectivity index (χ4v) is 2.09. The number of benzene rings is 1. The number of aryl methyl sites for hydroxylation is 1. The average molecular weight is 277 g/mol. The molecule has 0 fully saturated rings. The van der Waals surface area contributed by atoms with Gasteiger partial charge in [0.2, 0.25) is 0 Å². The highest BCUT2D eigenvalue weighted by molar-refractivity contribution is 5.85. The monoisotopic (exact) mass is 277 g/mol. The molecular formula is C16H27N3O. The number of oxime groups is 1. The predicted octanol–water partition coefficient (Wildman–Crippen LogP) is 3.60. The molecule has 0 aliphatic carbocycles. The molecule has 20 heavy (non-hydrogen) atoms. The van der Waals surface area contributed by atoms with Crippen LogP contribution in [0.5, 0.6) is 0 Å². The molecule has 0 saturated carbocycles. The standard InChI is InChI=1S/C16H27N3O/c1-4-13-8-7-9-14(12-13)18-11-6-5-10-16(2,3)15(17)19-20/h7-9,12,18,20H,4-6,10-11H2,1-3H3,(H2,17,19). The molecule has 0 radical (unpaired) electrons. The van der Waals surface area contributed by atoms with Crippen molar-refractivity contribution in [3.63, 3.8) is 0 Å². The SMILES string of the molecule is CCc1cccc(NCCCCC(C)(C)/C(N)=N/O)c1. The Labute approximate surface area is 122 Å². The van der Waals surface area contributed by atoms with E-state index in [1.165, 1.54) is 11.3 Å². The number of unbranched alkanes of at least 4 members (excludes halogenated alkanes) is 1. The maximum absolute atomic E-state index is 8.72. The Morgan fingerprint density at radius 3 is 2.75 bits per heavy atom. The van der Waals surface area contributed by atoms with Crippen LogP contribution < -0.4 is 11.1 Å². The summed E-state index contributed by atoms with van der Waals surface area (Å²) < 4.78 is 0. The summed E-state index contributed by atoms with van der Waals surface area (Å²) in [5.74, 6) is 0.307. The highest BCUT2D eigenvalue weighted by Gasteiger charge is 2.22. The Balaban J connectivity index is 2.28. The minimum absolute atomic E-state index is 0.239. The van der Waals surface area contributed by atoms with E-state index in [4.69, 9.17) is 10.9 Å². The van der Waals surface area contributed by atoms with E-state index in [-0.39, 0.29) is 5.41 Å². The molecule has 0 aliphatic rings. The second-order valence-electron chi connectivity index (χ2n) is 5.81. The van der Waals surface area contributed by atoms with E-state index in [9.17, 15) is 0 Å². The first-order chi connectivity index (χ1) is 9.49. The topological polar surface area (TPSA) is 70.6 Å². The molecule has 1 rings (SSSR count). The van der Waals surface area contributed by atoms with E-state index < -0.39 is 0 Å². The van der Waals surface area contributed by atoms with Crippen LogP contribution in [0.4, 0.5) is 5.69 Å². The maximum Gasteiger partial charge on any atom is 0.144 e. The predicted molar refractivity (Wildman–Crippen MR) is 85.4 cm³/mol. The van der Waals surface area contributed by atoms with Crippen LogP contribution in [0.2, 0.25) is 0 Å².